The van der Waals surface area contributed by atoms with Crippen molar-refractivity contribution < 1.29 is 5.11 Å². The highest BCUT2D eigenvalue weighted by Gasteiger charge is 2.19. The molecule has 1 heterocycles. The van der Waals surface area contributed by atoms with Crippen molar-refractivity contribution in [3.8, 4) is 0 Å². The van der Waals surface area contributed by atoms with Crippen LogP contribution in [0.5, 0.6) is 0 Å². The van der Waals surface area contributed by atoms with E-state index < -0.39 is 5.60 Å². The standard InChI is InChI=1S/C15H32N2O/c1-5-17-11-8-14(9-12-17)16-13(2)7-6-10-15(3,4)18/h13-14,16,18H,5-12H2,1-4H3. The molecule has 18 heavy (non-hydrogen) atoms. The van der Waals surface area contributed by atoms with E-state index in [-0.39, 0.29) is 0 Å². The van der Waals surface area contributed by atoms with Gasteiger partial charge in [0, 0.05) is 12.1 Å². The molecule has 0 aromatic rings. The van der Waals surface area contributed by atoms with Gasteiger partial charge in [-0.25, -0.2) is 0 Å². The van der Waals surface area contributed by atoms with Gasteiger partial charge in [0.15, 0.2) is 0 Å². The van der Waals surface area contributed by atoms with Crippen LogP contribution in [0.1, 0.15) is 59.8 Å². The first kappa shape index (κ1) is 15.9. The van der Waals surface area contributed by atoms with E-state index in [9.17, 15) is 5.11 Å². The van der Waals surface area contributed by atoms with Gasteiger partial charge in [0.25, 0.3) is 0 Å². The summed E-state index contributed by atoms with van der Waals surface area (Å²) in [6.07, 6.45) is 5.73. The smallest absolute Gasteiger partial charge is 0.0591 e. The fourth-order valence-electron chi connectivity index (χ4n) is 2.74. The molecule has 0 bridgehead atoms. The molecule has 0 aromatic heterocycles. The summed E-state index contributed by atoms with van der Waals surface area (Å²) in [7, 11) is 0. The molecule has 2 N–H and O–H groups in total. The summed E-state index contributed by atoms with van der Waals surface area (Å²) in [5.41, 5.74) is -0.508. The number of rotatable bonds is 7. The highest BCUT2D eigenvalue weighted by Crippen LogP contribution is 2.15. The van der Waals surface area contributed by atoms with Gasteiger partial charge in [-0.15, -0.1) is 0 Å². The van der Waals surface area contributed by atoms with Crippen LogP contribution in [-0.4, -0.2) is 47.3 Å². The molecule has 0 spiro atoms. The minimum atomic E-state index is -0.508. The summed E-state index contributed by atoms with van der Waals surface area (Å²) < 4.78 is 0. The average molecular weight is 256 g/mol. The number of hydrogen-bond donors (Lipinski definition) is 2. The second-order valence-electron chi connectivity index (χ2n) is 6.48. The lowest BCUT2D eigenvalue weighted by Gasteiger charge is -2.33. The normalized spacial score (nSPS) is 21.2. The summed E-state index contributed by atoms with van der Waals surface area (Å²) >= 11 is 0. The average Bonchev–Trinajstić information content (AvgIpc) is 2.28. The van der Waals surface area contributed by atoms with Crippen LogP contribution < -0.4 is 5.32 Å². The van der Waals surface area contributed by atoms with E-state index in [1.165, 1.54) is 32.5 Å². The fraction of sp³-hybridized carbons (Fsp3) is 1.00. The minimum absolute atomic E-state index is 0.508. The van der Waals surface area contributed by atoms with E-state index in [0.717, 1.165) is 19.3 Å². The van der Waals surface area contributed by atoms with Gasteiger partial charge < -0.3 is 15.3 Å². The van der Waals surface area contributed by atoms with Crippen molar-refractivity contribution in [2.45, 2.75) is 77.5 Å². The van der Waals surface area contributed by atoms with Crippen molar-refractivity contribution in [2.75, 3.05) is 19.6 Å². The van der Waals surface area contributed by atoms with Crippen molar-refractivity contribution in [1.82, 2.24) is 10.2 Å². The van der Waals surface area contributed by atoms with E-state index in [4.69, 9.17) is 0 Å². The maximum Gasteiger partial charge on any atom is 0.0591 e. The zero-order chi connectivity index (χ0) is 13.6. The largest absolute Gasteiger partial charge is 0.390 e. The number of nitrogens with zero attached hydrogens (tertiary/aromatic N) is 1. The Labute approximate surface area is 113 Å². The first-order chi connectivity index (χ1) is 8.40. The lowest BCUT2D eigenvalue weighted by atomic mass is 9.98. The van der Waals surface area contributed by atoms with Gasteiger partial charge in [0.05, 0.1) is 5.60 Å². The first-order valence-electron chi connectivity index (χ1n) is 7.61. The summed E-state index contributed by atoms with van der Waals surface area (Å²) in [5.74, 6) is 0. The molecule has 1 fully saturated rings. The van der Waals surface area contributed by atoms with Crippen molar-refractivity contribution in [3.05, 3.63) is 0 Å². The zero-order valence-corrected chi connectivity index (χ0v) is 12.7. The molecule has 3 nitrogen and oxygen atoms in total. The van der Waals surface area contributed by atoms with Crippen molar-refractivity contribution in [2.24, 2.45) is 0 Å². The fourth-order valence-corrected chi connectivity index (χ4v) is 2.74. The van der Waals surface area contributed by atoms with Crippen molar-refractivity contribution in [1.29, 1.82) is 0 Å². The molecular weight excluding hydrogens is 224 g/mol. The molecule has 0 saturated carbocycles. The lowest BCUT2D eigenvalue weighted by molar-refractivity contribution is 0.0672. The van der Waals surface area contributed by atoms with Crippen LogP contribution in [0.15, 0.2) is 0 Å². The molecule has 0 radical (unpaired) electrons. The summed E-state index contributed by atoms with van der Waals surface area (Å²) in [6, 6.07) is 1.27. The minimum Gasteiger partial charge on any atom is -0.390 e. The number of likely N-dealkylation sites (tertiary alicyclic amines) is 1. The van der Waals surface area contributed by atoms with E-state index in [1.54, 1.807) is 0 Å². The molecule has 1 rings (SSSR count). The highest BCUT2D eigenvalue weighted by atomic mass is 16.3. The summed E-state index contributed by atoms with van der Waals surface area (Å²) in [5, 5.41) is 13.4. The maximum absolute atomic E-state index is 9.68. The third-order valence-electron chi connectivity index (χ3n) is 3.98. The Morgan fingerprint density at radius 2 is 1.94 bits per heavy atom. The molecule has 0 aliphatic carbocycles. The van der Waals surface area contributed by atoms with Crippen LogP contribution in [0, 0.1) is 0 Å². The predicted molar refractivity (Wildman–Crippen MR) is 77.9 cm³/mol. The second kappa shape index (κ2) is 7.46. The van der Waals surface area contributed by atoms with Gasteiger partial charge in [-0.05, 0) is 72.5 Å². The summed E-state index contributed by atoms with van der Waals surface area (Å²) in [6.45, 7) is 12.0. The van der Waals surface area contributed by atoms with Gasteiger partial charge >= 0.3 is 0 Å². The van der Waals surface area contributed by atoms with Gasteiger partial charge in [0.1, 0.15) is 0 Å². The molecule has 1 unspecified atom stereocenters. The van der Waals surface area contributed by atoms with Crippen LogP contribution in [0.4, 0.5) is 0 Å². The lowest BCUT2D eigenvalue weighted by Crippen LogP contribution is -2.45. The highest BCUT2D eigenvalue weighted by molar-refractivity contribution is 4.79. The Bertz CT molecular complexity index is 217. The van der Waals surface area contributed by atoms with Crippen LogP contribution >= 0.6 is 0 Å². The number of piperidine rings is 1. The molecule has 1 aliphatic heterocycles. The van der Waals surface area contributed by atoms with E-state index in [1.807, 2.05) is 13.8 Å². The van der Waals surface area contributed by atoms with E-state index in [0.29, 0.717) is 12.1 Å². The van der Waals surface area contributed by atoms with Crippen LogP contribution in [-0.2, 0) is 0 Å². The van der Waals surface area contributed by atoms with Crippen LogP contribution in [0.2, 0.25) is 0 Å². The number of nitrogens with one attached hydrogen (secondary N) is 1. The van der Waals surface area contributed by atoms with E-state index >= 15 is 0 Å². The zero-order valence-electron chi connectivity index (χ0n) is 12.7. The van der Waals surface area contributed by atoms with Gasteiger partial charge in [-0.2, -0.15) is 0 Å². The summed E-state index contributed by atoms with van der Waals surface area (Å²) in [4.78, 5) is 2.52. The van der Waals surface area contributed by atoms with Gasteiger partial charge in [0.2, 0.25) is 0 Å². The van der Waals surface area contributed by atoms with Crippen molar-refractivity contribution >= 4 is 0 Å². The number of aliphatic hydroxyl groups is 1. The van der Waals surface area contributed by atoms with Crippen molar-refractivity contribution in [3.63, 3.8) is 0 Å². The quantitative estimate of drug-likeness (QED) is 0.734. The Balaban J connectivity index is 2.11. The van der Waals surface area contributed by atoms with E-state index in [2.05, 4.69) is 24.1 Å². The Morgan fingerprint density at radius 3 is 2.44 bits per heavy atom. The SMILES string of the molecule is CCN1CCC(NC(C)CCCC(C)(C)O)CC1. The molecule has 1 aliphatic rings. The molecule has 1 saturated heterocycles. The maximum atomic E-state index is 9.68. The third-order valence-corrected chi connectivity index (χ3v) is 3.98. The van der Waals surface area contributed by atoms with Crippen LogP contribution in [0.25, 0.3) is 0 Å². The van der Waals surface area contributed by atoms with Crippen LogP contribution in [0.3, 0.4) is 0 Å². The second-order valence-corrected chi connectivity index (χ2v) is 6.48. The molecule has 1 atom stereocenters. The Hall–Kier alpha value is -0.120. The Kier molecular flexibility index (Phi) is 6.61. The monoisotopic (exact) mass is 256 g/mol. The Morgan fingerprint density at radius 1 is 1.33 bits per heavy atom. The number of hydrogen-bond acceptors (Lipinski definition) is 3. The molecule has 3 heteroatoms. The first-order valence-corrected chi connectivity index (χ1v) is 7.61. The molecule has 0 amide bonds. The topological polar surface area (TPSA) is 35.5 Å². The van der Waals surface area contributed by atoms with Gasteiger partial charge in [-0.3, -0.25) is 0 Å². The predicted octanol–water partition coefficient (Wildman–Crippen LogP) is 2.39. The van der Waals surface area contributed by atoms with Gasteiger partial charge in [-0.1, -0.05) is 6.92 Å². The third kappa shape index (κ3) is 6.72. The molecular formula is C15H32N2O. The molecule has 108 valence electrons. The molecule has 0 aromatic carbocycles.